The van der Waals surface area contributed by atoms with Crippen LogP contribution in [0.15, 0.2) is 54.6 Å². The van der Waals surface area contributed by atoms with Crippen molar-refractivity contribution in [3.8, 4) is 0 Å². The molecule has 1 N–H and O–H groups in total. The van der Waals surface area contributed by atoms with E-state index in [-0.39, 0.29) is 11.9 Å². The van der Waals surface area contributed by atoms with Gasteiger partial charge in [0.15, 0.2) is 0 Å². The van der Waals surface area contributed by atoms with E-state index in [1.165, 1.54) is 5.56 Å². The first kappa shape index (κ1) is 13.3. The number of aryl methyl sites for hydroxylation is 1. The molecule has 0 saturated carbocycles. The van der Waals surface area contributed by atoms with Crippen molar-refractivity contribution in [2.24, 2.45) is 0 Å². The molecule has 0 bridgehead atoms. The molecule has 1 amide bonds. The fourth-order valence-corrected chi connectivity index (χ4v) is 2.03. The van der Waals surface area contributed by atoms with E-state index in [1.54, 1.807) is 0 Å². The van der Waals surface area contributed by atoms with Gasteiger partial charge in [0.05, 0.1) is 6.04 Å². The Bertz CT molecular complexity index is 531. The van der Waals surface area contributed by atoms with Crippen LogP contribution in [-0.2, 0) is 4.79 Å². The van der Waals surface area contributed by atoms with Crippen molar-refractivity contribution in [2.75, 3.05) is 0 Å². The minimum absolute atomic E-state index is 0.0643. The van der Waals surface area contributed by atoms with Crippen LogP contribution in [0.25, 0.3) is 0 Å². The molecule has 0 saturated heterocycles. The zero-order valence-electron chi connectivity index (χ0n) is 11.4. The van der Waals surface area contributed by atoms with Crippen LogP contribution < -0.4 is 5.32 Å². The van der Waals surface area contributed by atoms with Crippen molar-refractivity contribution in [1.82, 2.24) is 5.32 Å². The third kappa shape index (κ3) is 3.44. The summed E-state index contributed by atoms with van der Waals surface area (Å²) in [6.45, 7) is 3.93. The van der Waals surface area contributed by atoms with E-state index in [9.17, 15) is 4.79 Å². The lowest BCUT2D eigenvalue weighted by Crippen LogP contribution is -2.28. The molecule has 0 fully saturated rings. The zero-order chi connectivity index (χ0) is 13.7. The van der Waals surface area contributed by atoms with Gasteiger partial charge in [-0.3, -0.25) is 4.79 Å². The lowest BCUT2D eigenvalue weighted by atomic mass is 9.97. The van der Waals surface area contributed by atoms with E-state index in [0.717, 1.165) is 11.1 Å². The first-order valence-electron chi connectivity index (χ1n) is 6.61. The molecule has 2 rings (SSSR count). The van der Waals surface area contributed by atoms with Crippen LogP contribution >= 0.6 is 0 Å². The maximum atomic E-state index is 11.7. The monoisotopic (exact) mass is 253 g/mol. The summed E-state index contributed by atoms with van der Waals surface area (Å²) in [5.74, 6) is 0.0643. The summed E-state index contributed by atoms with van der Waals surface area (Å²) in [6.07, 6.45) is 0.495. The summed E-state index contributed by atoms with van der Waals surface area (Å²) in [7, 11) is 0. The Morgan fingerprint density at radius 3 is 2.16 bits per heavy atom. The first-order chi connectivity index (χ1) is 9.20. The number of carbonyl (C=O) groups excluding carboxylic acids is 1. The van der Waals surface area contributed by atoms with Crippen molar-refractivity contribution in [1.29, 1.82) is 0 Å². The number of rotatable bonds is 4. The van der Waals surface area contributed by atoms with Crippen LogP contribution in [0.3, 0.4) is 0 Å². The third-order valence-corrected chi connectivity index (χ3v) is 3.17. The van der Waals surface area contributed by atoms with Crippen LogP contribution in [-0.4, -0.2) is 5.91 Å². The maximum absolute atomic E-state index is 11.7. The Balaban J connectivity index is 2.34. The van der Waals surface area contributed by atoms with Gasteiger partial charge in [-0.1, -0.05) is 67.1 Å². The molecule has 0 aromatic heterocycles. The van der Waals surface area contributed by atoms with Gasteiger partial charge in [-0.05, 0) is 18.1 Å². The minimum atomic E-state index is -0.0748. The summed E-state index contributed by atoms with van der Waals surface area (Å²) < 4.78 is 0. The zero-order valence-corrected chi connectivity index (χ0v) is 11.4. The van der Waals surface area contributed by atoms with Crippen LogP contribution in [0.4, 0.5) is 0 Å². The van der Waals surface area contributed by atoms with Gasteiger partial charge in [0.25, 0.3) is 0 Å². The van der Waals surface area contributed by atoms with Gasteiger partial charge in [0.2, 0.25) is 5.91 Å². The second kappa shape index (κ2) is 6.19. The standard InChI is InChI=1S/C17H19NO/c1-3-16(19)18-17(14-7-5-4-6-8-14)15-11-9-13(2)10-12-15/h4-12,17H,3H2,1-2H3,(H,18,19). The molecule has 0 aliphatic carbocycles. The summed E-state index contributed by atoms with van der Waals surface area (Å²) in [4.78, 5) is 11.7. The van der Waals surface area contributed by atoms with Crippen molar-refractivity contribution >= 4 is 5.91 Å². The van der Waals surface area contributed by atoms with E-state index in [2.05, 4.69) is 36.5 Å². The van der Waals surface area contributed by atoms with Crippen LogP contribution in [0.5, 0.6) is 0 Å². The molecule has 2 heteroatoms. The maximum Gasteiger partial charge on any atom is 0.220 e. The van der Waals surface area contributed by atoms with Gasteiger partial charge in [-0.2, -0.15) is 0 Å². The molecule has 1 atom stereocenters. The van der Waals surface area contributed by atoms with Crippen LogP contribution in [0.2, 0.25) is 0 Å². The second-order valence-corrected chi connectivity index (χ2v) is 4.68. The lowest BCUT2D eigenvalue weighted by molar-refractivity contribution is -0.121. The van der Waals surface area contributed by atoms with Gasteiger partial charge in [-0.15, -0.1) is 0 Å². The first-order valence-corrected chi connectivity index (χ1v) is 6.61. The van der Waals surface area contributed by atoms with E-state index < -0.39 is 0 Å². The van der Waals surface area contributed by atoms with Crippen molar-refractivity contribution in [3.63, 3.8) is 0 Å². The molecule has 2 nitrogen and oxygen atoms in total. The second-order valence-electron chi connectivity index (χ2n) is 4.68. The Hall–Kier alpha value is -2.09. The van der Waals surface area contributed by atoms with Crippen molar-refractivity contribution < 1.29 is 4.79 Å². The van der Waals surface area contributed by atoms with Gasteiger partial charge in [0.1, 0.15) is 0 Å². The van der Waals surface area contributed by atoms with Crippen LogP contribution in [0.1, 0.15) is 36.1 Å². The Labute approximate surface area is 114 Å². The van der Waals surface area contributed by atoms with E-state index >= 15 is 0 Å². The molecule has 2 aromatic rings. The van der Waals surface area contributed by atoms with E-state index in [4.69, 9.17) is 0 Å². The number of hydrogen-bond donors (Lipinski definition) is 1. The molecule has 19 heavy (non-hydrogen) atoms. The fourth-order valence-electron chi connectivity index (χ4n) is 2.03. The highest BCUT2D eigenvalue weighted by molar-refractivity contribution is 5.76. The van der Waals surface area contributed by atoms with Crippen LogP contribution in [0, 0.1) is 6.92 Å². The van der Waals surface area contributed by atoms with Gasteiger partial charge in [0, 0.05) is 6.42 Å². The highest BCUT2D eigenvalue weighted by Gasteiger charge is 2.15. The van der Waals surface area contributed by atoms with Crippen molar-refractivity contribution in [3.05, 3.63) is 71.3 Å². The summed E-state index contributed by atoms with van der Waals surface area (Å²) in [5.41, 5.74) is 3.43. The predicted octanol–water partition coefficient (Wildman–Crippen LogP) is 3.61. The molecule has 1 unspecified atom stereocenters. The third-order valence-electron chi connectivity index (χ3n) is 3.17. The molecule has 0 aliphatic heterocycles. The normalized spacial score (nSPS) is 11.9. The highest BCUT2D eigenvalue weighted by Crippen LogP contribution is 2.22. The van der Waals surface area contributed by atoms with Gasteiger partial charge < -0.3 is 5.32 Å². The average molecular weight is 253 g/mol. The quantitative estimate of drug-likeness (QED) is 0.886. The molecule has 0 radical (unpaired) electrons. The largest absolute Gasteiger partial charge is 0.345 e. The van der Waals surface area contributed by atoms with Gasteiger partial charge >= 0.3 is 0 Å². The molecule has 0 aliphatic rings. The number of benzene rings is 2. The average Bonchev–Trinajstić information content (AvgIpc) is 2.46. The number of amides is 1. The molecule has 98 valence electrons. The SMILES string of the molecule is CCC(=O)NC(c1ccccc1)c1ccc(C)cc1. The number of hydrogen-bond acceptors (Lipinski definition) is 1. The van der Waals surface area contributed by atoms with Gasteiger partial charge in [-0.25, -0.2) is 0 Å². The van der Waals surface area contributed by atoms with E-state index in [1.807, 2.05) is 37.3 Å². The minimum Gasteiger partial charge on any atom is -0.345 e. The summed E-state index contributed by atoms with van der Waals surface area (Å²) in [5, 5.41) is 3.08. The topological polar surface area (TPSA) is 29.1 Å². The summed E-state index contributed by atoms with van der Waals surface area (Å²) in [6, 6.07) is 18.3. The predicted molar refractivity (Wildman–Crippen MR) is 77.9 cm³/mol. The lowest BCUT2D eigenvalue weighted by Gasteiger charge is -2.19. The summed E-state index contributed by atoms with van der Waals surface area (Å²) >= 11 is 0. The molecule has 2 aromatic carbocycles. The molecule has 0 heterocycles. The Kier molecular flexibility index (Phi) is 4.35. The smallest absolute Gasteiger partial charge is 0.220 e. The molecule has 0 spiro atoms. The Morgan fingerprint density at radius 1 is 1.00 bits per heavy atom. The van der Waals surface area contributed by atoms with E-state index in [0.29, 0.717) is 6.42 Å². The number of carbonyl (C=O) groups is 1. The van der Waals surface area contributed by atoms with Crippen molar-refractivity contribution in [2.45, 2.75) is 26.3 Å². The highest BCUT2D eigenvalue weighted by atomic mass is 16.1. The Morgan fingerprint density at radius 2 is 1.58 bits per heavy atom. The molecular formula is C17H19NO. The molecular weight excluding hydrogens is 234 g/mol. The fraction of sp³-hybridized carbons (Fsp3) is 0.235. The number of nitrogens with one attached hydrogen (secondary N) is 1.